The third-order valence-corrected chi connectivity index (χ3v) is 5.44. The summed E-state index contributed by atoms with van der Waals surface area (Å²) < 4.78 is 2.49. The zero-order chi connectivity index (χ0) is 16.7. The molecule has 3 aromatic rings. The lowest BCUT2D eigenvalue weighted by molar-refractivity contribution is 0.678. The summed E-state index contributed by atoms with van der Waals surface area (Å²) >= 11 is 0. The Hall–Kier alpha value is -2.00. The van der Waals surface area contributed by atoms with Gasteiger partial charge < -0.3 is 9.47 Å². The Morgan fingerprint density at radius 1 is 1.08 bits per heavy atom. The molecule has 4 heteroatoms. The van der Waals surface area contributed by atoms with E-state index in [9.17, 15) is 0 Å². The summed E-state index contributed by atoms with van der Waals surface area (Å²) in [5.74, 6) is 0. The number of halogens is 1. The minimum Gasteiger partial charge on any atom is -0.364 e. The zero-order valence-corrected chi connectivity index (χ0v) is 16.1. The number of hydrogen-bond donors (Lipinski definition) is 0. The second kappa shape index (κ2) is 7.09. The summed E-state index contributed by atoms with van der Waals surface area (Å²) in [6.07, 6.45) is 6.35. The van der Waals surface area contributed by atoms with Gasteiger partial charge in [-0.2, -0.15) is 0 Å². The van der Waals surface area contributed by atoms with Gasteiger partial charge in [0.1, 0.15) is 0 Å². The minimum atomic E-state index is 0. The molecule has 0 aliphatic carbocycles. The molecule has 0 spiro atoms. The van der Waals surface area contributed by atoms with E-state index in [4.69, 9.17) is 0 Å². The van der Waals surface area contributed by atoms with Crippen molar-refractivity contribution in [3.8, 4) is 0 Å². The van der Waals surface area contributed by atoms with Gasteiger partial charge in [0.25, 0.3) is 0 Å². The SMILES string of the molecule is CCCn1c(C)c(C)c2cncc(N3CCc4ccccc4C3)c21.Cl. The molecule has 0 saturated heterocycles. The van der Waals surface area contributed by atoms with E-state index in [0.717, 1.165) is 32.5 Å². The van der Waals surface area contributed by atoms with Crippen LogP contribution in [0.3, 0.4) is 0 Å². The van der Waals surface area contributed by atoms with E-state index in [1.165, 1.54) is 39.0 Å². The van der Waals surface area contributed by atoms with Crippen LogP contribution >= 0.6 is 12.4 Å². The third kappa shape index (κ3) is 2.91. The molecule has 0 atom stereocenters. The zero-order valence-electron chi connectivity index (χ0n) is 15.2. The molecule has 4 rings (SSSR count). The van der Waals surface area contributed by atoms with Crippen molar-refractivity contribution in [3.63, 3.8) is 0 Å². The second-order valence-electron chi connectivity index (χ2n) is 6.86. The summed E-state index contributed by atoms with van der Waals surface area (Å²) in [6.45, 7) is 9.82. The molecule has 0 unspecified atom stereocenters. The molecule has 0 radical (unpaired) electrons. The average molecular weight is 356 g/mol. The van der Waals surface area contributed by atoms with Gasteiger partial charge in [0.05, 0.1) is 17.4 Å². The second-order valence-corrected chi connectivity index (χ2v) is 6.86. The highest BCUT2D eigenvalue weighted by atomic mass is 35.5. The molecule has 0 fully saturated rings. The Labute approximate surface area is 156 Å². The van der Waals surface area contributed by atoms with Crippen LogP contribution in [0.5, 0.6) is 0 Å². The molecule has 0 bridgehead atoms. The maximum Gasteiger partial charge on any atom is 0.0803 e. The number of aryl methyl sites for hydroxylation is 2. The van der Waals surface area contributed by atoms with Crippen molar-refractivity contribution in [1.29, 1.82) is 0 Å². The van der Waals surface area contributed by atoms with Gasteiger partial charge in [-0.3, -0.25) is 4.98 Å². The Balaban J connectivity index is 0.00000182. The Morgan fingerprint density at radius 3 is 2.60 bits per heavy atom. The first kappa shape index (κ1) is 17.8. The van der Waals surface area contributed by atoms with Gasteiger partial charge in [-0.15, -0.1) is 12.4 Å². The van der Waals surface area contributed by atoms with Crippen LogP contribution in [0, 0.1) is 13.8 Å². The fourth-order valence-electron chi connectivity index (χ4n) is 4.00. The molecular weight excluding hydrogens is 330 g/mol. The van der Waals surface area contributed by atoms with E-state index in [0.29, 0.717) is 0 Å². The fraction of sp³-hybridized carbons (Fsp3) is 0.381. The lowest BCUT2D eigenvalue weighted by Gasteiger charge is -2.31. The number of aromatic nitrogens is 2. The summed E-state index contributed by atoms with van der Waals surface area (Å²) in [7, 11) is 0. The van der Waals surface area contributed by atoms with Crippen LogP contribution in [-0.2, 0) is 19.5 Å². The number of anilines is 1. The van der Waals surface area contributed by atoms with Crippen LogP contribution in [0.15, 0.2) is 36.7 Å². The van der Waals surface area contributed by atoms with Crippen molar-refractivity contribution in [2.75, 3.05) is 11.4 Å². The summed E-state index contributed by atoms with van der Waals surface area (Å²) in [5, 5.41) is 1.30. The average Bonchev–Trinajstić information content (AvgIpc) is 2.87. The van der Waals surface area contributed by atoms with Crippen LogP contribution in [0.2, 0.25) is 0 Å². The first-order valence-electron chi connectivity index (χ1n) is 8.95. The normalized spacial score (nSPS) is 13.6. The Bertz CT molecular complexity index is 898. The lowest BCUT2D eigenvalue weighted by atomic mass is 9.99. The highest BCUT2D eigenvalue weighted by molar-refractivity contribution is 5.94. The van der Waals surface area contributed by atoms with Crippen LogP contribution in [0.25, 0.3) is 10.9 Å². The smallest absolute Gasteiger partial charge is 0.0803 e. The third-order valence-electron chi connectivity index (χ3n) is 5.44. The first-order valence-corrected chi connectivity index (χ1v) is 8.95. The van der Waals surface area contributed by atoms with Crippen molar-refractivity contribution >= 4 is 29.0 Å². The van der Waals surface area contributed by atoms with Crippen LogP contribution in [0.4, 0.5) is 5.69 Å². The van der Waals surface area contributed by atoms with Gasteiger partial charge in [-0.1, -0.05) is 31.2 Å². The molecule has 1 aromatic carbocycles. The molecule has 1 aliphatic rings. The molecule has 132 valence electrons. The van der Waals surface area contributed by atoms with Gasteiger partial charge in [0.2, 0.25) is 0 Å². The number of rotatable bonds is 3. The van der Waals surface area contributed by atoms with Crippen molar-refractivity contribution < 1.29 is 0 Å². The maximum absolute atomic E-state index is 4.56. The van der Waals surface area contributed by atoms with Crippen LogP contribution < -0.4 is 4.90 Å². The number of hydrogen-bond acceptors (Lipinski definition) is 2. The first-order chi connectivity index (χ1) is 11.7. The summed E-state index contributed by atoms with van der Waals surface area (Å²) in [6, 6.07) is 8.82. The number of fused-ring (bicyclic) bond motifs is 2. The molecule has 2 aromatic heterocycles. The fourth-order valence-corrected chi connectivity index (χ4v) is 4.00. The van der Waals surface area contributed by atoms with Gasteiger partial charge in [-0.05, 0) is 43.4 Å². The predicted molar refractivity (Wildman–Crippen MR) is 108 cm³/mol. The summed E-state index contributed by atoms with van der Waals surface area (Å²) in [5.41, 5.74) is 8.32. The van der Waals surface area contributed by atoms with Gasteiger partial charge in [0, 0.05) is 36.9 Å². The van der Waals surface area contributed by atoms with Crippen molar-refractivity contribution in [2.24, 2.45) is 0 Å². The maximum atomic E-state index is 4.56. The largest absolute Gasteiger partial charge is 0.364 e. The number of nitrogens with zero attached hydrogens (tertiary/aromatic N) is 3. The van der Waals surface area contributed by atoms with Crippen molar-refractivity contribution in [2.45, 2.75) is 46.7 Å². The molecule has 1 aliphatic heterocycles. The van der Waals surface area contributed by atoms with E-state index in [1.54, 1.807) is 0 Å². The van der Waals surface area contributed by atoms with E-state index in [-0.39, 0.29) is 12.4 Å². The standard InChI is InChI=1S/C21H25N3.ClH/c1-4-10-24-16(3)15(2)19-12-22-13-20(21(19)24)23-11-9-17-7-5-6-8-18(17)14-23;/h5-8,12-13H,4,9-11,14H2,1-3H3;1H. The van der Waals surface area contributed by atoms with Crippen molar-refractivity contribution in [1.82, 2.24) is 9.55 Å². The Kier molecular flexibility index (Phi) is 5.05. The van der Waals surface area contributed by atoms with Gasteiger partial charge >= 0.3 is 0 Å². The Morgan fingerprint density at radius 2 is 1.84 bits per heavy atom. The van der Waals surface area contributed by atoms with E-state index in [1.807, 2.05) is 6.20 Å². The molecule has 0 saturated carbocycles. The topological polar surface area (TPSA) is 21.1 Å². The van der Waals surface area contributed by atoms with Gasteiger partial charge in [0.15, 0.2) is 0 Å². The predicted octanol–water partition coefficient (Wildman–Crippen LogP) is 5.05. The number of pyridine rings is 1. The quantitative estimate of drug-likeness (QED) is 0.655. The highest BCUT2D eigenvalue weighted by Crippen LogP contribution is 2.34. The van der Waals surface area contributed by atoms with Gasteiger partial charge in [-0.25, -0.2) is 0 Å². The van der Waals surface area contributed by atoms with E-state index >= 15 is 0 Å². The highest BCUT2D eigenvalue weighted by Gasteiger charge is 2.21. The molecule has 3 nitrogen and oxygen atoms in total. The van der Waals surface area contributed by atoms with E-state index < -0.39 is 0 Å². The number of benzene rings is 1. The molecule has 3 heterocycles. The monoisotopic (exact) mass is 355 g/mol. The van der Waals surface area contributed by atoms with Crippen molar-refractivity contribution in [3.05, 3.63) is 59.0 Å². The lowest BCUT2D eigenvalue weighted by Crippen LogP contribution is -2.30. The molecule has 0 amide bonds. The van der Waals surface area contributed by atoms with E-state index in [2.05, 4.69) is 65.7 Å². The van der Waals surface area contributed by atoms with Crippen LogP contribution in [0.1, 0.15) is 35.7 Å². The molecular formula is C21H26ClN3. The molecule has 25 heavy (non-hydrogen) atoms. The molecule has 0 N–H and O–H groups in total. The van der Waals surface area contributed by atoms with Crippen LogP contribution in [-0.4, -0.2) is 16.1 Å². The minimum absolute atomic E-state index is 0. The summed E-state index contributed by atoms with van der Waals surface area (Å²) in [4.78, 5) is 7.07.